The van der Waals surface area contributed by atoms with Crippen molar-refractivity contribution in [2.45, 2.75) is 33.2 Å². The summed E-state index contributed by atoms with van der Waals surface area (Å²) < 4.78 is 11.2. The summed E-state index contributed by atoms with van der Waals surface area (Å²) in [4.78, 5) is 34.5. The number of hydrogen-bond donors (Lipinski definition) is 1. The summed E-state index contributed by atoms with van der Waals surface area (Å²) >= 11 is 0. The van der Waals surface area contributed by atoms with Crippen molar-refractivity contribution in [1.82, 2.24) is 14.8 Å². The minimum Gasteiger partial charge on any atom is -0.507 e. The number of nitrogens with zero attached hydrogens (tertiary/aromatic N) is 3. The predicted octanol–water partition coefficient (Wildman–Crippen LogP) is 3.57. The fraction of sp³-hybridized carbons (Fsp3) is 0.464. The highest BCUT2D eigenvalue weighted by molar-refractivity contribution is 6.46. The van der Waals surface area contributed by atoms with Gasteiger partial charge in [-0.25, -0.2) is 0 Å². The van der Waals surface area contributed by atoms with E-state index in [-0.39, 0.29) is 11.3 Å². The number of carbonyl (C=O) groups excluding carboxylic acids is 2. The molecule has 1 atom stereocenters. The van der Waals surface area contributed by atoms with E-state index in [1.807, 2.05) is 19.1 Å². The largest absolute Gasteiger partial charge is 0.507 e. The fourth-order valence-electron chi connectivity index (χ4n) is 4.68. The van der Waals surface area contributed by atoms with Gasteiger partial charge < -0.3 is 19.5 Å². The van der Waals surface area contributed by atoms with Gasteiger partial charge >= 0.3 is 0 Å². The van der Waals surface area contributed by atoms with Crippen LogP contribution in [0.2, 0.25) is 0 Å². The maximum Gasteiger partial charge on any atom is 0.295 e. The first-order valence-electron chi connectivity index (χ1n) is 12.6. The van der Waals surface area contributed by atoms with Crippen LogP contribution in [0.5, 0.6) is 5.75 Å². The van der Waals surface area contributed by atoms with Crippen LogP contribution in [0.15, 0.2) is 48.3 Å². The minimum atomic E-state index is -0.695. The molecule has 2 aliphatic heterocycles. The smallest absolute Gasteiger partial charge is 0.295 e. The number of aryl methyl sites for hydroxylation is 1. The lowest BCUT2D eigenvalue weighted by molar-refractivity contribution is -0.140. The lowest BCUT2D eigenvalue weighted by Gasteiger charge is -2.29. The second kappa shape index (κ2) is 11.7. The third-order valence-electron chi connectivity index (χ3n) is 6.55. The number of ether oxygens (including phenoxy) is 2. The van der Waals surface area contributed by atoms with E-state index in [4.69, 9.17) is 9.47 Å². The molecule has 2 aromatic rings. The van der Waals surface area contributed by atoms with E-state index in [0.717, 1.165) is 25.2 Å². The summed E-state index contributed by atoms with van der Waals surface area (Å²) in [6.07, 6.45) is 4.01. The fourth-order valence-corrected chi connectivity index (χ4v) is 4.68. The summed E-state index contributed by atoms with van der Waals surface area (Å²) in [6, 6.07) is 8.28. The monoisotopic (exact) mass is 493 g/mol. The second-order valence-electron chi connectivity index (χ2n) is 9.77. The number of Topliss-reactive ketones (excluding diaryl/α,β-unsaturated/α-hetero) is 1. The number of ketones is 1. The quantitative estimate of drug-likeness (QED) is 0.324. The van der Waals surface area contributed by atoms with Crippen LogP contribution < -0.4 is 4.74 Å². The Labute approximate surface area is 212 Å². The average Bonchev–Trinajstić information content (AvgIpc) is 3.13. The van der Waals surface area contributed by atoms with Crippen LogP contribution in [-0.2, 0) is 14.3 Å². The van der Waals surface area contributed by atoms with E-state index in [0.29, 0.717) is 55.6 Å². The van der Waals surface area contributed by atoms with Crippen LogP contribution in [0, 0.1) is 12.8 Å². The summed E-state index contributed by atoms with van der Waals surface area (Å²) in [5, 5.41) is 11.4. The van der Waals surface area contributed by atoms with Gasteiger partial charge in [0.25, 0.3) is 11.7 Å². The first-order valence-corrected chi connectivity index (χ1v) is 12.6. The molecule has 192 valence electrons. The molecule has 0 saturated carbocycles. The zero-order valence-electron chi connectivity index (χ0n) is 21.3. The molecule has 2 saturated heterocycles. The highest BCUT2D eigenvalue weighted by Crippen LogP contribution is 2.40. The summed E-state index contributed by atoms with van der Waals surface area (Å²) in [7, 11) is 0. The second-order valence-corrected chi connectivity index (χ2v) is 9.77. The van der Waals surface area contributed by atoms with Crippen LogP contribution in [0.1, 0.15) is 43.0 Å². The molecule has 0 unspecified atom stereocenters. The van der Waals surface area contributed by atoms with Gasteiger partial charge in [-0.1, -0.05) is 19.9 Å². The molecule has 0 radical (unpaired) electrons. The Bertz CT molecular complexity index is 1110. The van der Waals surface area contributed by atoms with Gasteiger partial charge in [0.05, 0.1) is 31.4 Å². The maximum atomic E-state index is 13.3. The molecule has 0 spiro atoms. The van der Waals surface area contributed by atoms with Gasteiger partial charge in [-0.3, -0.25) is 19.5 Å². The van der Waals surface area contributed by atoms with Crippen molar-refractivity contribution in [3.05, 3.63) is 65.0 Å². The summed E-state index contributed by atoms with van der Waals surface area (Å²) in [5.41, 5.74) is 2.06. The SMILES string of the molecule is Cc1cc(OCC(C)C)ccc1/C(O)=C1\C(=O)C(=O)N(CCCN2CCOCC2)[C@@H]1c1cccnc1. The first-order chi connectivity index (χ1) is 17.4. The first kappa shape index (κ1) is 25.9. The van der Waals surface area contributed by atoms with Gasteiger partial charge in [-0.15, -0.1) is 0 Å². The van der Waals surface area contributed by atoms with E-state index < -0.39 is 17.7 Å². The number of likely N-dealkylation sites (tertiary alicyclic amines) is 1. The molecule has 4 rings (SSSR count). The lowest BCUT2D eigenvalue weighted by Crippen LogP contribution is -2.39. The van der Waals surface area contributed by atoms with Gasteiger partial charge in [-0.2, -0.15) is 0 Å². The van der Waals surface area contributed by atoms with Crippen LogP contribution in [-0.4, -0.2) is 77.6 Å². The zero-order chi connectivity index (χ0) is 25.7. The zero-order valence-corrected chi connectivity index (χ0v) is 21.3. The normalized spacial score (nSPS) is 20.3. The molecule has 2 aliphatic rings. The number of pyridine rings is 1. The molecule has 8 nitrogen and oxygen atoms in total. The number of hydrogen-bond acceptors (Lipinski definition) is 7. The van der Waals surface area contributed by atoms with Crippen LogP contribution in [0.4, 0.5) is 0 Å². The topological polar surface area (TPSA) is 92.2 Å². The van der Waals surface area contributed by atoms with Crippen molar-refractivity contribution in [2.75, 3.05) is 46.0 Å². The van der Waals surface area contributed by atoms with E-state index in [1.54, 1.807) is 35.5 Å². The van der Waals surface area contributed by atoms with E-state index in [1.165, 1.54) is 0 Å². The molecular formula is C28H35N3O5. The average molecular weight is 494 g/mol. The molecule has 1 aromatic heterocycles. The molecule has 8 heteroatoms. The molecule has 2 fully saturated rings. The van der Waals surface area contributed by atoms with Crippen molar-refractivity contribution in [1.29, 1.82) is 0 Å². The van der Waals surface area contributed by atoms with Gasteiger partial charge in [0, 0.05) is 44.1 Å². The Morgan fingerprint density at radius 2 is 1.97 bits per heavy atom. The molecule has 1 aromatic carbocycles. The number of aromatic nitrogens is 1. The molecule has 1 amide bonds. The number of rotatable bonds is 9. The summed E-state index contributed by atoms with van der Waals surface area (Å²) in [6.45, 7) is 10.9. The minimum absolute atomic E-state index is 0.0957. The molecule has 0 aliphatic carbocycles. The molecule has 1 N–H and O–H groups in total. The predicted molar refractivity (Wildman–Crippen MR) is 137 cm³/mol. The van der Waals surface area contributed by atoms with Crippen molar-refractivity contribution in [2.24, 2.45) is 5.92 Å². The van der Waals surface area contributed by atoms with E-state index in [2.05, 4.69) is 23.7 Å². The van der Waals surface area contributed by atoms with Gasteiger partial charge in [0.2, 0.25) is 0 Å². The summed E-state index contributed by atoms with van der Waals surface area (Å²) in [5.74, 6) is -0.359. The number of aliphatic hydroxyl groups is 1. The number of aliphatic hydroxyl groups excluding tert-OH is 1. The van der Waals surface area contributed by atoms with Crippen LogP contribution in [0.3, 0.4) is 0 Å². The Hall–Kier alpha value is -3.23. The maximum absolute atomic E-state index is 13.3. The highest BCUT2D eigenvalue weighted by atomic mass is 16.5. The third-order valence-corrected chi connectivity index (χ3v) is 6.55. The number of benzene rings is 1. The number of amides is 1. The van der Waals surface area contributed by atoms with E-state index >= 15 is 0 Å². The molecule has 0 bridgehead atoms. The molecular weight excluding hydrogens is 458 g/mol. The van der Waals surface area contributed by atoms with Gasteiger partial charge in [-0.05, 0) is 54.7 Å². The van der Waals surface area contributed by atoms with Crippen molar-refractivity contribution in [3.63, 3.8) is 0 Å². The number of morpholine rings is 1. The van der Waals surface area contributed by atoms with Gasteiger partial charge in [0.15, 0.2) is 0 Å². The Balaban J connectivity index is 1.63. The third kappa shape index (κ3) is 5.77. The highest BCUT2D eigenvalue weighted by Gasteiger charge is 2.46. The number of carbonyl (C=O) groups is 2. The Kier molecular flexibility index (Phi) is 8.38. The van der Waals surface area contributed by atoms with Crippen LogP contribution in [0.25, 0.3) is 5.76 Å². The Morgan fingerprint density at radius 1 is 1.19 bits per heavy atom. The van der Waals surface area contributed by atoms with Gasteiger partial charge in [0.1, 0.15) is 11.5 Å². The Morgan fingerprint density at radius 3 is 2.64 bits per heavy atom. The lowest BCUT2D eigenvalue weighted by atomic mass is 9.94. The van der Waals surface area contributed by atoms with Crippen molar-refractivity contribution < 1.29 is 24.2 Å². The van der Waals surface area contributed by atoms with Crippen molar-refractivity contribution >= 4 is 17.4 Å². The van der Waals surface area contributed by atoms with Crippen LogP contribution >= 0.6 is 0 Å². The molecule has 3 heterocycles. The van der Waals surface area contributed by atoms with Crippen molar-refractivity contribution in [3.8, 4) is 5.75 Å². The van der Waals surface area contributed by atoms with E-state index in [9.17, 15) is 14.7 Å². The molecule has 36 heavy (non-hydrogen) atoms. The standard InChI is InChI=1S/C28H35N3O5/c1-19(2)18-36-22-7-8-23(20(3)16-22)26(32)24-25(21-6-4-9-29-17-21)31(28(34)27(24)33)11-5-10-30-12-14-35-15-13-30/h4,6-9,16-17,19,25,32H,5,10-15,18H2,1-3H3/b26-24+/t25-/m1/s1.